The van der Waals surface area contributed by atoms with Crippen LogP contribution in [0.4, 0.5) is 21.6 Å². The van der Waals surface area contributed by atoms with Gasteiger partial charge in [-0.15, -0.1) is 0 Å². The summed E-state index contributed by atoms with van der Waals surface area (Å²) in [6.07, 6.45) is 3.61. The van der Waals surface area contributed by atoms with Crippen LogP contribution in [0, 0.1) is 11.7 Å². The summed E-state index contributed by atoms with van der Waals surface area (Å²) in [5.74, 6) is 0.357. The number of piperazine rings is 1. The van der Waals surface area contributed by atoms with E-state index < -0.39 is 5.60 Å². The highest BCUT2D eigenvalue weighted by atomic mass is 19.1. The zero-order valence-corrected chi connectivity index (χ0v) is 19.9. The lowest BCUT2D eigenvalue weighted by Crippen LogP contribution is -2.43. The third-order valence-electron chi connectivity index (χ3n) is 7.30. The number of pyridine rings is 2. The van der Waals surface area contributed by atoms with Crippen molar-refractivity contribution in [3.8, 4) is 0 Å². The second kappa shape index (κ2) is 9.44. The van der Waals surface area contributed by atoms with Crippen LogP contribution in [0.5, 0.6) is 0 Å². The fourth-order valence-electron chi connectivity index (χ4n) is 5.01. The molecule has 1 aromatic carbocycles. The Bertz CT molecular complexity index is 1160. The molecule has 34 heavy (non-hydrogen) atoms. The van der Waals surface area contributed by atoms with Gasteiger partial charge in [-0.05, 0) is 76.2 Å². The van der Waals surface area contributed by atoms with Crippen molar-refractivity contribution in [2.45, 2.75) is 25.4 Å². The van der Waals surface area contributed by atoms with Gasteiger partial charge in [0.25, 0.3) is 0 Å². The van der Waals surface area contributed by atoms with Gasteiger partial charge in [-0.25, -0.2) is 14.4 Å². The molecule has 0 bridgehead atoms. The number of rotatable bonds is 5. The highest BCUT2D eigenvalue weighted by Crippen LogP contribution is 2.36. The van der Waals surface area contributed by atoms with Crippen LogP contribution in [-0.2, 0) is 5.60 Å². The van der Waals surface area contributed by atoms with Gasteiger partial charge in [0, 0.05) is 49.5 Å². The minimum Gasteiger partial charge on any atom is -0.384 e. The van der Waals surface area contributed by atoms with Crippen LogP contribution in [-0.4, -0.2) is 66.3 Å². The molecule has 2 saturated heterocycles. The van der Waals surface area contributed by atoms with E-state index >= 15 is 0 Å². The number of nitrogens with zero attached hydrogens (tertiary/aromatic N) is 4. The van der Waals surface area contributed by atoms with Gasteiger partial charge in [0.2, 0.25) is 0 Å². The minimum atomic E-state index is -1.00. The minimum absolute atomic E-state index is 0.162. The molecule has 7 nitrogen and oxygen atoms in total. The molecule has 0 saturated carbocycles. The summed E-state index contributed by atoms with van der Waals surface area (Å²) in [5.41, 5.74) is 1.76. The molecular formula is C26H33FN6O. The first-order chi connectivity index (χ1) is 16.4. The van der Waals surface area contributed by atoms with Gasteiger partial charge in [0.15, 0.2) is 0 Å². The number of piperidine rings is 1. The van der Waals surface area contributed by atoms with E-state index in [2.05, 4.69) is 32.5 Å². The van der Waals surface area contributed by atoms with Crippen molar-refractivity contribution in [1.82, 2.24) is 20.2 Å². The maximum absolute atomic E-state index is 14.6. The molecule has 1 atom stereocenters. The largest absolute Gasteiger partial charge is 0.384 e. The number of anilines is 3. The Morgan fingerprint density at radius 2 is 1.85 bits per heavy atom. The number of halogens is 1. The molecule has 2 aliphatic rings. The molecule has 2 aromatic heterocycles. The molecule has 0 aliphatic carbocycles. The third-order valence-corrected chi connectivity index (χ3v) is 7.30. The Balaban J connectivity index is 1.40. The molecule has 0 unspecified atom stereocenters. The van der Waals surface area contributed by atoms with Crippen LogP contribution in [0.1, 0.15) is 25.5 Å². The highest BCUT2D eigenvalue weighted by molar-refractivity contribution is 5.81. The van der Waals surface area contributed by atoms with E-state index in [1.165, 1.54) is 6.07 Å². The summed E-state index contributed by atoms with van der Waals surface area (Å²) in [7, 11) is 2.11. The molecule has 0 amide bonds. The number of hydrogen-bond donors (Lipinski definition) is 3. The summed E-state index contributed by atoms with van der Waals surface area (Å²) in [6.45, 7) is 7.44. The molecule has 4 heterocycles. The lowest BCUT2D eigenvalue weighted by Gasteiger charge is -2.38. The summed E-state index contributed by atoms with van der Waals surface area (Å²) in [6, 6.07) is 10.8. The van der Waals surface area contributed by atoms with Crippen LogP contribution >= 0.6 is 0 Å². The number of benzene rings is 1. The lowest BCUT2D eigenvalue weighted by atomic mass is 9.79. The van der Waals surface area contributed by atoms with Gasteiger partial charge in [0.1, 0.15) is 17.2 Å². The Morgan fingerprint density at radius 1 is 1.09 bits per heavy atom. The molecule has 180 valence electrons. The van der Waals surface area contributed by atoms with Crippen molar-refractivity contribution >= 4 is 28.1 Å². The molecule has 0 spiro atoms. The normalized spacial score (nSPS) is 19.8. The Labute approximate surface area is 200 Å². The Hall–Kier alpha value is -2.81. The first kappa shape index (κ1) is 23.0. The lowest BCUT2D eigenvalue weighted by molar-refractivity contribution is -0.0334. The van der Waals surface area contributed by atoms with Crippen molar-refractivity contribution in [3.05, 3.63) is 54.1 Å². The van der Waals surface area contributed by atoms with E-state index in [9.17, 15) is 9.50 Å². The standard InChI is InChI=1S/C26H33FN6O/c1-26(34,19-7-11-32(2)12-8-19)24-6-3-18-17-29-25(16-22(18)30-24)31-23-15-20(4-5-21(23)27)33-13-9-28-10-14-33/h3-6,15-17,19,28,34H,7-14H2,1-2H3,(H,29,31)/t26-/m1/s1. The number of aliphatic hydroxyl groups is 1. The van der Waals surface area contributed by atoms with Crippen LogP contribution in [0.25, 0.3) is 10.9 Å². The molecule has 2 fully saturated rings. The van der Waals surface area contributed by atoms with Gasteiger partial charge < -0.3 is 25.5 Å². The monoisotopic (exact) mass is 464 g/mol. The topological polar surface area (TPSA) is 76.6 Å². The van der Waals surface area contributed by atoms with Crippen LogP contribution in [0.2, 0.25) is 0 Å². The summed E-state index contributed by atoms with van der Waals surface area (Å²) < 4.78 is 14.6. The first-order valence-electron chi connectivity index (χ1n) is 12.1. The Kier molecular flexibility index (Phi) is 6.38. The zero-order chi connectivity index (χ0) is 23.7. The van der Waals surface area contributed by atoms with E-state index in [1.54, 1.807) is 6.20 Å². The predicted molar refractivity (Wildman–Crippen MR) is 134 cm³/mol. The van der Waals surface area contributed by atoms with Gasteiger partial charge in [-0.3, -0.25) is 0 Å². The van der Waals surface area contributed by atoms with Crippen molar-refractivity contribution in [1.29, 1.82) is 0 Å². The fourth-order valence-corrected chi connectivity index (χ4v) is 5.01. The maximum atomic E-state index is 14.6. The van der Waals surface area contributed by atoms with E-state index in [4.69, 9.17) is 4.98 Å². The first-order valence-corrected chi connectivity index (χ1v) is 12.1. The average Bonchev–Trinajstić information content (AvgIpc) is 2.86. The number of likely N-dealkylation sites (tertiary alicyclic amines) is 1. The van der Waals surface area contributed by atoms with E-state index in [0.29, 0.717) is 17.2 Å². The fraction of sp³-hybridized carbons (Fsp3) is 0.462. The van der Waals surface area contributed by atoms with Crippen LogP contribution < -0.4 is 15.5 Å². The molecule has 3 N–H and O–H groups in total. The highest BCUT2D eigenvalue weighted by Gasteiger charge is 2.36. The van der Waals surface area contributed by atoms with Gasteiger partial charge in [-0.2, -0.15) is 0 Å². The van der Waals surface area contributed by atoms with Crippen molar-refractivity contribution < 1.29 is 9.50 Å². The predicted octanol–water partition coefficient (Wildman–Crippen LogP) is 3.47. The molecule has 3 aromatic rings. The smallest absolute Gasteiger partial charge is 0.146 e. The number of fused-ring (bicyclic) bond motifs is 1. The quantitative estimate of drug-likeness (QED) is 0.534. The van der Waals surface area contributed by atoms with Crippen LogP contribution in [0.3, 0.4) is 0 Å². The van der Waals surface area contributed by atoms with Gasteiger partial charge >= 0.3 is 0 Å². The van der Waals surface area contributed by atoms with Crippen molar-refractivity contribution in [2.24, 2.45) is 5.92 Å². The second-order valence-electron chi connectivity index (χ2n) is 9.71. The summed E-state index contributed by atoms with van der Waals surface area (Å²) in [5, 5.41) is 18.7. The number of hydrogen-bond acceptors (Lipinski definition) is 7. The van der Waals surface area contributed by atoms with E-state index in [-0.39, 0.29) is 11.7 Å². The molecule has 2 aliphatic heterocycles. The number of aromatic nitrogens is 2. The Morgan fingerprint density at radius 3 is 2.62 bits per heavy atom. The summed E-state index contributed by atoms with van der Waals surface area (Å²) >= 11 is 0. The summed E-state index contributed by atoms with van der Waals surface area (Å²) in [4.78, 5) is 13.8. The number of nitrogens with one attached hydrogen (secondary N) is 2. The second-order valence-corrected chi connectivity index (χ2v) is 9.71. The molecule has 0 radical (unpaired) electrons. The van der Waals surface area contributed by atoms with Gasteiger partial charge in [0.05, 0.1) is 16.9 Å². The maximum Gasteiger partial charge on any atom is 0.146 e. The zero-order valence-electron chi connectivity index (χ0n) is 19.9. The average molecular weight is 465 g/mol. The van der Waals surface area contributed by atoms with Crippen molar-refractivity contribution in [2.75, 3.05) is 56.5 Å². The van der Waals surface area contributed by atoms with Gasteiger partial charge in [-0.1, -0.05) is 0 Å². The molecule has 5 rings (SSSR count). The van der Waals surface area contributed by atoms with E-state index in [0.717, 1.165) is 68.7 Å². The SMILES string of the molecule is CN1CCC([C@@](C)(O)c2ccc3cnc(Nc4cc(N5CCNCC5)ccc4F)cc3n2)CC1. The van der Waals surface area contributed by atoms with E-state index in [1.807, 2.05) is 37.3 Å². The molecule has 8 heteroatoms. The molecular weight excluding hydrogens is 431 g/mol. The van der Waals surface area contributed by atoms with Crippen molar-refractivity contribution in [3.63, 3.8) is 0 Å². The van der Waals surface area contributed by atoms with Crippen LogP contribution in [0.15, 0.2) is 42.6 Å². The third kappa shape index (κ3) is 4.71.